The number of fused-ring (bicyclic) bond motifs is 1. The van der Waals surface area contributed by atoms with E-state index in [1.165, 1.54) is 11.8 Å². The quantitative estimate of drug-likeness (QED) is 0.256. The fourth-order valence-corrected chi connectivity index (χ4v) is 4.98. The number of aromatic nitrogens is 2. The fraction of sp³-hybridized carbons (Fsp3) is 0.156. The zero-order chi connectivity index (χ0) is 30.0. The van der Waals surface area contributed by atoms with Gasteiger partial charge in [-0.05, 0) is 73.7 Å². The molecule has 0 saturated carbocycles. The highest BCUT2D eigenvalue weighted by Crippen LogP contribution is 2.34. The van der Waals surface area contributed by atoms with Crippen LogP contribution in [0.5, 0.6) is 11.5 Å². The Balaban J connectivity index is 1.45. The molecule has 4 aromatic rings. The topological polar surface area (TPSA) is 141 Å². The molecule has 1 aromatic heterocycles. The first kappa shape index (κ1) is 27.7. The minimum Gasteiger partial charge on any atom is -0.495 e. The number of carbonyl (C=O) groups excluding carboxylic acids is 3. The Labute approximate surface area is 241 Å². The van der Waals surface area contributed by atoms with E-state index in [9.17, 15) is 19.6 Å². The molecule has 2 N–H and O–H groups in total. The van der Waals surface area contributed by atoms with Crippen molar-refractivity contribution >= 4 is 23.3 Å². The molecule has 1 aliphatic heterocycles. The molecule has 0 aliphatic carbocycles. The van der Waals surface area contributed by atoms with Crippen molar-refractivity contribution in [3.05, 3.63) is 94.7 Å². The molecule has 0 bridgehead atoms. The van der Waals surface area contributed by atoms with Crippen LogP contribution >= 0.6 is 0 Å². The standard InChI is InChI=1S/C32H25N5O5/c1-4-15-42-25-12-7-21(8-13-25)30(38)20-5-10-24(11-6-20)37-19(2)18-36-29(32(37)40)27(31(34)39)28(35-36)22-9-14-26(41-3)23(16-22)17-33/h1,5-14,16,19H,15,18H2,2-3H3,(H2,34,39)/t19-/m0/s1. The lowest BCUT2D eigenvalue weighted by atomic mass is 10.0. The third kappa shape index (κ3) is 4.93. The first-order chi connectivity index (χ1) is 20.3. The second-order valence-electron chi connectivity index (χ2n) is 9.56. The number of rotatable bonds is 8. The van der Waals surface area contributed by atoms with E-state index in [2.05, 4.69) is 17.1 Å². The summed E-state index contributed by atoms with van der Waals surface area (Å²) in [6, 6.07) is 19.8. The minimum atomic E-state index is -0.819. The number of nitrogens with two attached hydrogens (primary N) is 1. The van der Waals surface area contributed by atoms with E-state index in [1.807, 2.05) is 6.92 Å². The average Bonchev–Trinajstić information content (AvgIpc) is 3.40. The van der Waals surface area contributed by atoms with Gasteiger partial charge in [0.2, 0.25) is 0 Å². The number of anilines is 1. The largest absolute Gasteiger partial charge is 0.495 e. The molecule has 0 radical (unpaired) electrons. The Morgan fingerprint density at radius 2 is 1.76 bits per heavy atom. The van der Waals surface area contributed by atoms with Crippen LogP contribution < -0.4 is 20.1 Å². The third-order valence-electron chi connectivity index (χ3n) is 6.94. The molecule has 0 spiro atoms. The van der Waals surface area contributed by atoms with Crippen LogP contribution in [0.15, 0.2) is 66.7 Å². The highest BCUT2D eigenvalue weighted by Gasteiger charge is 2.38. The highest BCUT2D eigenvalue weighted by atomic mass is 16.5. The highest BCUT2D eigenvalue weighted by molar-refractivity contribution is 6.15. The number of terminal acetylenes is 1. The lowest BCUT2D eigenvalue weighted by Crippen LogP contribution is -2.47. The maximum atomic E-state index is 13.9. The van der Waals surface area contributed by atoms with Crippen LogP contribution in [0, 0.1) is 23.7 Å². The Morgan fingerprint density at radius 3 is 2.36 bits per heavy atom. The summed E-state index contributed by atoms with van der Waals surface area (Å²) in [4.78, 5) is 41.1. The SMILES string of the molecule is C#CCOc1ccc(C(=O)c2ccc(N3C(=O)c4c(C(N)=O)c(-c5ccc(OC)c(C#N)c5)nn4C[C@@H]3C)cc2)cc1. The Bertz CT molecular complexity index is 1790. The van der Waals surface area contributed by atoms with Gasteiger partial charge in [-0.25, -0.2) is 0 Å². The number of benzene rings is 3. The summed E-state index contributed by atoms with van der Waals surface area (Å²) in [7, 11) is 1.45. The van der Waals surface area contributed by atoms with Gasteiger partial charge in [0.15, 0.2) is 5.78 Å². The average molecular weight is 560 g/mol. The van der Waals surface area contributed by atoms with E-state index in [-0.39, 0.29) is 47.5 Å². The smallest absolute Gasteiger partial charge is 0.277 e. The van der Waals surface area contributed by atoms with Gasteiger partial charge < -0.3 is 20.1 Å². The zero-order valence-corrected chi connectivity index (χ0v) is 22.8. The first-order valence-electron chi connectivity index (χ1n) is 12.9. The van der Waals surface area contributed by atoms with Gasteiger partial charge in [0.05, 0.1) is 30.8 Å². The molecule has 208 valence electrons. The van der Waals surface area contributed by atoms with Crippen molar-refractivity contribution < 1.29 is 23.9 Å². The first-order valence-corrected chi connectivity index (χ1v) is 12.9. The number of ketones is 1. The molecule has 3 aromatic carbocycles. The van der Waals surface area contributed by atoms with E-state index in [0.717, 1.165) is 0 Å². The molecule has 2 heterocycles. The monoisotopic (exact) mass is 559 g/mol. The molecule has 10 nitrogen and oxygen atoms in total. The van der Waals surface area contributed by atoms with Crippen LogP contribution in [0.1, 0.15) is 49.3 Å². The molecular formula is C32H25N5O5. The lowest BCUT2D eigenvalue weighted by molar-refractivity contribution is 0.0929. The summed E-state index contributed by atoms with van der Waals surface area (Å²) in [5.74, 6) is 1.85. The van der Waals surface area contributed by atoms with E-state index < -0.39 is 11.8 Å². The summed E-state index contributed by atoms with van der Waals surface area (Å²) >= 11 is 0. The van der Waals surface area contributed by atoms with Crippen LogP contribution in [-0.4, -0.2) is 47.1 Å². The van der Waals surface area contributed by atoms with Gasteiger partial charge in [-0.15, -0.1) is 6.42 Å². The molecule has 42 heavy (non-hydrogen) atoms. The minimum absolute atomic E-state index is 0.0348. The number of hydrogen-bond acceptors (Lipinski definition) is 7. The van der Waals surface area contributed by atoms with Crippen LogP contribution in [-0.2, 0) is 6.54 Å². The summed E-state index contributed by atoms with van der Waals surface area (Å²) in [5, 5.41) is 14.1. The predicted octanol–water partition coefficient (Wildman–Crippen LogP) is 3.82. The van der Waals surface area contributed by atoms with Crippen molar-refractivity contribution in [2.45, 2.75) is 19.5 Å². The third-order valence-corrected chi connectivity index (χ3v) is 6.94. The molecule has 0 unspecified atom stereocenters. The lowest BCUT2D eigenvalue weighted by Gasteiger charge is -2.34. The van der Waals surface area contributed by atoms with Crippen LogP contribution in [0.4, 0.5) is 5.69 Å². The molecule has 5 rings (SSSR count). The zero-order valence-electron chi connectivity index (χ0n) is 22.8. The van der Waals surface area contributed by atoms with E-state index in [0.29, 0.717) is 33.9 Å². The van der Waals surface area contributed by atoms with Gasteiger partial charge in [-0.3, -0.25) is 19.1 Å². The van der Waals surface area contributed by atoms with Crippen molar-refractivity contribution in [3.63, 3.8) is 0 Å². The van der Waals surface area contributed by atoms with Gasteiger partial charge >= 0.3 is 0 Å². The fourth-order valence-electron chi connectivity index (χ4n) is 4.98. The second-order valence-corrected chi connectivity index (χ2v) is 9.56. The molecule has 1 atom stereocenters. The van der Waals surface area contributed by atoms with E-state index >= 15 is 0 Å². The number of methoxy groups -OCH3 is 1. The molecule has 0 fully saturated rings. The van der Waals surface area contributed by atoms with Crippen molar-refractivity contribution in [2.75, 3.05) is 18.6 Å². The maximum Gasteiger partial charge on any atom is 0.277 e. The van der Waals surface area contributed by atoms with Crippen molar-refractivity contribution in [3.8, 4) is 41.2 Å². The van der Waals surface area contributed by atoms with E-state index in [1.54, 1.807) is 71.6 Å². The van der Waals surface area contributed by atoms with E-state index in [4.69, 9.17) is 21.6 Å². The summed E-state index contributed by atoms with van der Waals surface area (Å²) in [6.45, 7) is 2.28. The van der Waals surface area contributed by atoms with Gasteiger partial charge in [-0.1, -0.05) is 5.92 Å². The van der Waals surface area contributed by atoms with Crippen molar-refractivity contribution in [1.82, 2.24) is 9.78 Å². The Hall–Kier alpha value is -5.87. The predicted molar refractivity (Wildman–Crippen MR) is 154 cm³/mol. The van der Waals surface area contributed by atoms with Gasteiger partial charge in [-0.2, -0.15) is 10.4 Å². The number of amides is 2. The molecule has 10 heteroatoms. The van der Waals surface area contributed by atoms with Gasteiger partial charge in [0.25, 0.3) is 11.8 Å². The Morgan fingerprint density at radius 1 is 1.10 bits per heavy atom. The summed E-state index contributed by atoms with van der Waals surface area (Å²) < 4.78 is 12.0. The molecule has 1 aliphatic rings. The number of nitriles is 1. The van der Waals surface area contributed by atoms with Gasteiger partial charge in [0.1, 0.15) is 35.6 Å². The number of hydrogen-bond donors (Lipinski definition) is 1. The van der Waals surface area contributed by atoms with Gasteiger partial charge in [0, 0.05) is 22.4 Å². The number of primary amides is 1. The second kappa shape index (κ2) is 11.3. The number of carbonyl (C=O) groups is 3. The van der Waals surface area contributed by atoms with Crippen LogP contribution in [0.25, 0.3) is 11.3 Å². The maximum absolute atomic E-state index is 13.9. The Kier molecular flexibility index (Phi) is 7.46. The summed E-state index contributed by atoms with van der Waals surface area (Å²) in [5.41, 5.74) is 8.14. The van der Waals surface area contributed by atoms with Crippen molar-refractivity contribution in [1.29, 1.82) is 5.26 Å². The number of ether oxygens (including phenoxy) is 2. The summed E-state index contributed by atoms with van der Waals surface area (Å²) in [6.07, 6.45) is 5.21. The number of nitrogens with zero attached hydrogens (tertiary/aromatic N) is 4. The van der Waals surface area contributed by atoms with Crippen molar-refractivity contribution in [2.24, 2.45) is 5.73 Å². The van der Waals surface area contributed by atoms with Crippen LogP contribution in [0.2, 0.25) is 0 Å². The van der Waals surface area contributed by atoms with Crippen LogP contribution in [0.3, 0.4) is 0 Å². The molecular weight excluding hydrogens is 534 g/mol. The molecule has 2 amide bonds. The molecule has 0 saturated heterocycles. The normalized spacial score (nSPS) is 14.0.